The molecule has 0 unspecified atom stereocenters. The summed E-state index contributed by atoms with van der Waals surface area (Å²) in [6, 6.07) is 8.52. The van der Waals surface area contributed by atoms with Gasteiger partial charge >= 0.3 is 0 Å². The Morgan fingerprint density at radius 1 is 1.08 bits per heavy atom. The molecular formula is C26H31FN6O4. The van der Waals surface area contributed by atoms with Gasteiger partial charge in [0.15, 0.2) is 5.82 Å². The van der Waals surface area contributed by atoms with Crippen LogP contribution in [0.1, 0.15) is 31.9 Å². The van der Waals surface area contributed by atoms with E-state index in [4.69, 9.17) is 19.2 Å². The lowest BCUT2D eigenvalue weighted by molar-refractivity contribution is -0.205. The maximum absolute atomic E-state index is 13.4. The lowest BCUT2D eigenvalue weighted by Crippen LogP contribution is -2.34. The topological polar surface area (TPSA) is 114 Å². The largest absolute Gasteiger partial charge is 0.378 e. The number of aromatic amines is 1. The van der Waals surface area contributed by atoms with E-state index in [1.165, 1.54) is 12.1 Å². The Morgan fingerprint density at radius 3 is 2.46 bits per heavy atom. The van der Waals surface area contributed by atoms with E-state index >= 15 is 0 Å². The van der Waals surface area contributed by atoms with E-state index in [1.54, 1.807) is 23.2 Å². The Kier molecular flexibility index (Phi) is 8.02. The van der Waals surface area contributed by atoms with Crippen LogP contribution in [0.25, 0.3) is 22.6 Å². The van der Waals surface area contributed by atoms with Crippen molar-refractivity contribution in [1.82, 2.24) is 24.8 Å². The third kappa shape index (κ3) is 6.68. The molecule has 0 radical (unpaired) electrons. The fourth-order valence-electron chi connectivity index (χ4n) is 3.92. The number of rotatable bonds is 6. The van der Waals surface area contributed by atoms with Crippen LogP contribution < -0.4 is 5.32 Å². The third-order valence-electron chi connectivity index (χ3n) is 6.14. The summed E-state index contributed by atoms with van der Waals surface area (Å²) in [6.45, 7) is 6.18. The Morgan fingerprint density at radius 2 is 1.81 bits per heavy atom. The van der Waals surface area contributed by atoms with Crippen LogP contribution in [0.15, 0.2) is 36.5 Å². The molecule has 1 saturated carbocycles. The van der Waals surface area contributed by atoms with Gasteiger partial charge in [-0.15, -0.1) is 0 Å². The molecule has 2 aromatic heterocycles. The van der Waals surface area contributed by atoms with Crippen molar-refractivity contribution in [2.45, 2.75) is 32.1 Å². The zero-order chi connectivity index (χ0) is 25.6. The molecule has 2 N–H and O–H groups in total. The summed E-state index contributed by atoms with van der Waals surface area (Å²) in [4.78, 5) is 28.7. The van der Waals surface area contributed by atoms with Crippen molar-refractivity contribution in [2.75, 3.05) is 44.8 Å². The first-order valence-electron chi connectivity index (χ1n) is 12.5. The Bertz CT molecular complexity index is 1170. The molecule has 1 amide bonds. The van der Waals surface area contributed by atoms with Crippen molar-refractivity contribution in [1.29, 1.82) is 0 Å². The van der Waals surface area contributed by atoms with Crippen LogP contribution in [0.5, 0.6) is 0 Å². The first kappa shape index (κ1) is 25.2. The molecule has 3 fully saturated rings. The summed E-state index contributed by atoms with van der Waals surface area (Å²) in [7, 11) is 0. The minimum Gasteiger partial charge on any atom is -0.378 e. The Hall–Kier alpha value is -3.41. The van der Waals surface area contributed by atoms with Gasteiger partial charge in [0.1, 0.15) is 5.82 Å². The molecule has 37 heavy (non-hydrogen) atoms. The third-order valence-corrected chi connectivity index (χ3v) is 6.14. The molecule has 3 aliphatic rings. The zero-order valence-electron chi connectivity index (χ0n) is 20.7. The molecule has 11 heteroatoms. The highest BCUT2D eigenvalue weighted by atomic mass is 19.1. The SMILES string of the molecule is CC1COC(c2nc(-c3ccc(F)cc3)c(-c3ccnc(NC4CC4)n3)[nH]2)OC1.O=CN1CCOCC1. The number of amides is 1. The fourth-order valence-corrected chi connectivity index (χ4v) is 3.92. The smallest absolute Gasteiger partial charge is 0.223 e. The van der Waals surface area contributed by atoms with E-state index in [0.717, 1.165) is 43.6 Å². The molecule has 10 nitrogen and oxygen atoms in total. The molecule has 3 aromatic rings. The molecule has 0 bridgehead atoms. The van der Waals surface area contributed by atoms with Crippen LogP contribution in [0.4, 0.5) is 10.3 Å². The Balaban J connectivity index is 0.000000301. The van der Waals surface area contributed by atoms with Gasteiger partial charge in [-0.3, -0.25) is 4.79 Å². The maximum Gasteiger partial charge on any atom is 0.223 e. The molecular weight excluding hydrogens is 479 g/mol. The molecule has 2 aliphatic heterocycles. The Labute approximate surface area is 214 Å². The first-order valence-corrected chi connectivity index (χ1v) is 12.5. The second-order valence-corrected chi connectivity index (χ2v) is 9.39. The molecule has 1 aliphatic carbocycles. The zero-order valence-corrected chi connectivity index (χ0v) is 20.7. The van der Waals surface area contributed by atoms with Gasteiger partial charge < -0.3 is 29.4 Å². The summed E-state index contributed by atoms with van der Waals surface area (Å²) in [6.07, 6.45) is 4.29. The minimum absolute atomic E-state index is 0.294. The quantitative estimate of drug-likeness (QED) is 0.485. The lowest BCUT2D eigenvalue weighted by Gasteiger charge is -2.25. The van der Waals surface area contributed by atoms with Crippen LogP contribution in [0, 0.1) is 11.7 Å². The van der Waals surface area contributed by atoms with E-state index in [0.29, 0.717) is 61.5 Å². The van der Waals surface area contributed by atoms with Crippen molar-refractivity contribution >= 4 is 12.4 Å². The maximum atomic E-state index is 13.4. The number of ether oxygens (including phenoxy) is 3. The van der Waals surface area contributed by atoms with Gasteiger partial charge in [-0.05, 0) is 43.2 Å². The van der Waals surface area contributed by atoms with Gasteiger partial charge in [0.2, 0.25) is 18.6 Å². The number of carbonyl (C=O) groups excluding carboxylic acids is 1. The van der Waals surface area contributed by atoms with Crippen LogP contribution in [0.3, 0.4) is 0 Å². The number of hydrogen-bond acceptors (Lipinski definition) is 8. The van der Waals surface area contributed by atoms with Crippen molar-refractivity contribution < 1.29 is 23.4 Å². The van der Waals surface area contributed by atoms with Crippen LogP contribution in [-0.2, 0) is 19.0 Å². The molecule has 6 rings (SSSR count). The standard InChI is InChI=1S/C21H22FN5O2.C5H9NO2/c1-12-10-28-20(29-11-12)19-26-17(13-2-4-14(22)5-3-13)18(27-19)16-8-9-23-21(25-16)24-15-6-7-15;7-5-6-1-3-8-4-2-6/h2-5,8-9,12,15,20H,6-7,10-11H2,1H3,(H,26,27)(H,23,24,25);5H,1-4H2. The first-order chi connectivity index (χ1) is 18.1. The average Bonchev–Trinajstić information content (AvgIpc) is 3.64. The summed E-state index contributed by atoms with van der Waals surface area (Å²) < 4.78 is 30.0. The molecule has 4 heterocycles. The molecule has 2 saturated heterocycles. The number of H-pyrrole nitrogens is 1. The second-order valence-electron chi connectivity index (χ2n) is 9.39. The van der Waals surface area contributed by atoms with Crippen molar-refractivity contribution in [2.24, 2.45) is 5.92 Å². The average molecular weight is 511 g/mol. The van der Waals surface area contributed by atoms with Crippen LogP contribution in [0.2, 0.25) is 0 Å². The van der Waals surface area contributed by atoms with Crippen molar-refractivity contribution in [3.63, 3.8) is 0 Å². The highest BCUT2D eigenvalue weighted by Crippen LogP contribution is 2.33. The number of carbonyl (C=O) groups is 1. The van der Waals surface area contributed by atoms with Crippen molar-refractivity contribution in [3.8, 4) is 22.6 Å². The van der Waals surface area contributed by atoms with Gasteiger partial charge in [-0.2, -0.15) is 0 Å². The highest BCUT2D eigenvalue weighted by Gasteiger charge is 2.27. The number of benzene rings is 1. The second kappa shape index (κ2) is 11.8. The van der Waals surface area contributed by atoms with Gasteiger partial charge in [0.05, 0.1) is 43.5 Å². The summed E-state index contributed by atoms with van der Waals surface area (Å²) in [5.41, 5.74) is 2.87. The van der Waals surface area contributed by atoms with E-state index < -0.39 is 6.29 Å². The summed E-state index contributed by atoms with van der Waals surface area (Å²) in [5.74, 6) is 1.21. The number of hydrogen-bond donors (Lipinski definition) is 2. The fraction of sp³-hybridized carbons (Fsp3) is 0.462. The van der Waals surface area contributed by atoms with Crippen molar-refractivity contribution in [3.05, 3.63) is 48.2 Å². The van der Waals surface area contributed by atoms with Crippen LogP contribution >= 0.6 is 0 Å². The number of aromatic nitrogens is 4. The van der Waals surface area contributed by atoms with E-state index in [-0.39, 0.29) is 5.82 Å². The lowest BCUT2D eigenvalue weighted by atomic mass is 10.1. The monoisotopic (exact) mass is 510 g/mol. The number of morpholine rings is 1. The highest BCUT2D eigenvalue weighted by molar-refractivity contribution is 5.77. The molecule has 0 atom stereocenters. The number of anilines is 1. The predicted molar refractivity (Wildman–Crippen MR) is 134 cm³/mol. The molecule has 0 spiro atoms. The summed E-state index contributed by atoms with van der Waals surface area (Å²) in [5, 5.41) is 3.31. The number of nitrogens with one attached hydrogen (secondary N) is 2. The number of nitrogens with zero attached hydrogens (tertiary/aromatic N) is 4. The predicted octanol–water partition coefficient (Wildman–Crippen LogP) is 3.40. The van der Waals surface area contributed by atoms with Gasteiger partial charge in [0.25, 0.3) is 0 Å². The van der Waals surface area contributed by atoms with E-state index in [1.807, 2.05) is 6.07 Å². The summed E-state index contributed by atoms with van der Waals surface area (Å²) >= 11 is 0. The minimum atomic E-state index is -0.565. The molecule has 1 aromatic carbocycles. The van der Waals surface area contributed by atoms with Crippen LogP contribution in [-0.4, -0.2) is 76.8 Å². The number of imidazole rings is 1. The van der Waals surface area contributed by atoms with E-state index in [9.17, 15) is 9.18 Å². The molecule has 196 valence electrons. The van der Waals surface area contributed by atoms with Gasteiger partial charge in [-0.25, -0.2) is 19.3 Å². The number of halogens is 1. The van der Waals surface area contributed by atoms with E-state index in [2.05, 4.69) is 27.2 Å². The van der Waals surface area contributed by atoms with Gasteiger partial charge in [-0.1, -0.05) is 6.92 Å². The van der Waals surface area contributed by atoms with Gasteiger partial charge in [0, 0.05) is 36.8 Å². The normalized spacial score (nSPS) is 21.6.